The summed E-state index contributed by atoms with van der Waals surface area (Å²) in [7, 11) is -3.57. The van der Waals surface area contributed by atoms with Gasteiger partial charge in [0.2, 0.25) is 15.9 Å². The Morgan fingerprint density at radius 3 is 2.17 bits per heavy atom. The Balaban J connectivity index is 1.90. The zero-order chi connectivity index (χ0) is 21.6. The molecule has 0 radical (unpaired) electrons. The van der Waals surface area contributed by atoms with Crippen molar-refractivity contribution in [2.45, 2.75) is 45.4 Å². The first-order valence-corrected chi connectivity index (χ1v) is 11.1. The fourth-order valence-electron chi connectivity index (χ4n) is 2.59. The molecule has 29 heavy (non-hydrogen) atoms. The van der Waals surface area contributed by atoms with Gasteiger partial charge in [0.05, 0.1) is 4.90 Å². The monoisotopic (exact) mass is 416 g/mol. The van der Waals surface area contributed by atoms with Crippen LogP contribution >= 0.6 is 0 Å². The average molecular weight is 417 g/mol. The third kappa shape index (κ3) is 6.80. The van der Waals surface area contributed by atoms with E-state index < -0.39 is 10.0 Å². The van der Waals surface area contributed by atoms with Crippen LogP contribution in [-0.4, -0.2) is 26.7 Å². The molecule has 0 saturated carbocycles. The Morgan fingerprint density at radius 2 is 1.59 bits per heavy atom. The van der Waals surface area contributed by atoms with Gasteiger partial charge in [-0.2, -0.15) is 0 Å². The molecule has 0 aliphatic rings. The van der Waals surface area contributed by atoms with Crippen LogP contribution in [0.25, 0.3) is 0 Å². The normalized spacial score (nSPS) is 11.5. The fraction of sp³-hybridized carbons (Fsp3) is 0.364. The molecular weight excluding hydrogens is 388 g/mol. The molecular formula is C22H28N2O4S. The van der Waals surface area contributed by atoms with E-state index in [4.69, 9.17) is 0 Å². The minimum atomic E-state index is -3.57. The molecule has 0 heterocycles. The van der Waals surface area contributed by atoms with Crippen LogP contribution in [0.15, 0.2) is 47.4 Å². The number of carbonyl (C=O) groups is 2. The van der Waals surface area contributed by atoms with Gasteiger partial charge in [-0.15, -0.1) is 0 Å². The molecule has 0 spiro atoms. The Bertz CT molecular complexity index is 980. The van der Waals surface area contributed by atoms with E-state index >= 15 is 0 Å². The second kappa shape index (κ2) is 9.80. The lowest BCUT2D eigenvalue weighted by Gasteiger charge is -2.10. The highest BCUT2D eigenvalue weighted by atomic mass is 32.2. The van der Waals surface area contributed by atoms with Gasteiger partial charge in [-0.3, -0.25) is 9.59 Å². The van der Waals surface area contributed by atoms with Crippen molar-refractivity contribution in [2.24, 2.45) is 5.92 Å². The van der Waals surface area contributed by atoms with Gasteiger partial charge in [0, 0.05) is 30.6 Å². The molecule has 156 valence electrons. The summed E-state index contributed by atoms with van der Waals surface area (Å²) < 4.78 is 26.9. The van der Waals surface area contributed by atoms with E-state index in [-0.39, 0.29) is 35.3 Å². The maximum atomic E-state index is 12.3. The summed E-state index contributed by atoms with van der Waals surface area (Å²) in [4.78, 5) is 24.6. The first kappa shape index (κ1) is 22.8. The molecule has 0 unspecified atom stereocenters. The molecule has 2 aromatic rings. The van der Waals surface area contributed by atoms with Crippen molar-refractivity contribution in [3.8, 4) is 0 Å². The second-order valence-electron chi connectivity index (χ2n) is 7.54. The number of sulfonamides is 1. The van der Waals surface area contributed by atoms with Crippen molar-refractivity contribution in [1.29, 1.82) is 0 Å². The van der Waals surface area contributed by atoms with E-state index in [0.717, 1.165) is 11.1 Å². The van der Waals surface area contributed by atoms with Crippen LogP contribution < -0.4 is 10.0 Å². The smallest absolute Gasteiger partial charge is 0.240 e. The van der Waals surface area contributed by atoms with Gasteiger partial charge in [-0.05, 0) is 61.2 Å². The minimum absolute atomic E-state index is 0.0573. The van der Waals surface area contributed by atoms with Crippen LogP contribution in [0.4, 0.5) is 5.69 Å². The number of hydrogen-bond acceptors (Lipinski definition) is 4. The van der Waals surface area contributed by atoms with E-state index in [9.17, 15) is 18.0 Å². The topological polar surface area (TPSA) is 92.3 Å². The minimum Gasteiger partial charge on any atom is -0.326 e. The molecule has 0 aliphatic heterocycles. The number of aryl methyl sites for hydroxylation is 2. The van der Waals surface area contributed by atoms with Gasteiger partial charge < -0.3 is 5.32 Å². The zero-order valence-corrected chi connectivity index (χ0v) is 18.1. The third-order valence-corrected chi connectivity index (χ3v) is 5.98. The Labute approximate surface area is 172 Å². The van der Waals surface area contributed by atoms with Crippen LogP contribution in [0.5, 0.6) is 0 Å². The van der Waals surface area contributed by atoms with Crippen LogP contribution in [-0.2, 0) is 14.8 Å². The number of nitrogens with one attached hydrogen (secondary N) is 2. The molecule has 0 bridgehead atoms. The summed E-state index contributed by atoms with van der Waals surface area (Å²) in [6.45, 7) is 8.13. The molecule has 1 amide bonds. The molecule has 6 nitrogen and oxygen atoms in total. The van der Waals surface area contributed by atoms with E-state index in [1.165, 1.54) is 24.3 Å². The Morgan fingerprint density at radius 1 is 0.931 bits per heavy atom. The van der Waals surface area contributed by atoms with Crippen molar-refractivity contribution in [3.05, 3.63) is 59.2 Å². The highest BCUT2D eigenvalue weighted by molar-refractivity contribution is 7.89. The molecule has 2 N–H and O–H groups in total. The average Bonchev–Trinajstić information content (AvgIpc) is 2.67. The van der Waals surface area contributed by atoms with Crippen LogP contribution in [0.2, 0.25) is 0 Å². The summed E-state index contributed by atoms with van der Waals surface area (Å²) in [5.41, 5.74) is 3.24. The molecule has 0 fully saturated rings. The fourth-order valence-corrected chi connectivity index (χ4v) is 3.80. The molecule has 0 atom stereocenters. The number of benzene rings is 2. The molecule has 2 rings (SSSR count). The quantitative estimate of drug-likeness (QED) is 0.608. The summed E-state index contributed by atoms with van der Waals surface area (Å²) in [6.07, 6.45) is 0.168. The van der Waals surface area contributed by atoms with Crippen molar-refractivity contribution >= 4 is 27.4 Å². The first-order valence-electron chi connectivity index (χ1n) is 9.58. The van der Waals surface area contributed by atoms with Gasteiger partial charge in [0.25, 0.3) is 0 Å². The maximum absolute atomic E-state index is 12.3. The summed E-state index contributed by atoms with van der Waals surface area (Å²) >= 11 is 0. The predicted octanol–water partition coefficient (Wildman–Crippen LogP) is 3.84. The van der Waals surface area contributed by atoms with Crippen molar-refractivity contribution in [2.75, 3.05) is 11.9 Å². The maximum Gasteiger partial charge on any atom is 0.240 e. The van der Waals surface area contributed by atoms with E-state index in [1.54, 1.807) is 6.07 Å². The van der Waals surface area contributed by atoms with Crippen LogP contribution in [0.3, 0.4) is 0 Å². The second-order valence-corrected chi connectivity index (χ2v) is 9.31. The lowest BCUT2D eigenvalue weighted by atomic mass is 10.0. The zero-order valence-electron chi connectivity index (χ0n) is 17.3. The van der Waals surface area contributed by atoms with E-state index in [0.29, 0.717) is 17.8 Å². The van der Waals surface area contributed by atoms with Crippen molar-refractivity contribution in [3.63, 3.8) is 0 Å². The molecule has 0 saturated heterocycles. The molecule has 0 aliphatic carbocycles. The first-order chi connectivity index (χ1) is 13.6. The number of hydrogen-bond donors (Lipinski definition) is 2. The van der Waals surface area contributed by atoms with Crippen LogP contribution in [0, 0.1) is 19.8 Å². The number of anilines is 1. The van der Waals surface area contributed by atoms with Gasteiger partial charge >= 0.3 is 0 Å². The molecule has 7 heteroatoms. The summed E-state index contributed by atoms with van der Waals surface area (Å²) in [6, 6.07) is 11.5. The Kier molecular flexibility index (Phi) is 7.70. The van der Waals surface area contributed by atoms with Crippen molar-refractivity contribution in [1.82, 2.24) is 4.72 Å². The SMILES string of the molecule is Cc1ccc(C(=O)CCC(=O)Nc2ccc(S(=O)(=O)NCC(C)C)cc2)cc1C. The Hall–Kier alpha value is -2.51. The standard InChI is InChI=1S/C22H28N2O4S/c1-15(2)14-23-29(27,28)20-9-7-19(8-10-20)24-22(26)12-11-21(25)18-6-5-16(3)17(4)13-18/h5-10,13,15,23H,11-12,14H2,1-4H3,(H,24,26). The van der Waals surface area contributed by atoms with Gasteiger partial charge in [0.1, 0.15) is 0 Å². The van der Waals surface area contributed by atoms with Crippen molar-refractivity contribution < 1.29 is 18.0 Å². The number of ketones is 1. The van der Waals surface area contributed by atoms with Crippen LogP contribution in [0.1, 0.15) is 48.2 Å². The predicted molar refractivity (Wildman–Crippen MR) is 115 cm³/mol. The number of amides is 1. The number of Topliss-reactive ketones (excluding diaryl/α,β-unsaturated/α-hetero) is 1. The van der Waals surface area contributed by atoms with E-state index in [1.807, 2.05) is 39.8 Å². The number of rotatable bonds is 9. The van der Waals surface area contributed by atoms with E-state index in [2.05, 4.69) is 10.0 Å². The summed E-state index contributed by atoms with van der Waals surface area (Å²) in [5, 5.41) is 2.69. The summed E-state index contributed by atoms with van der Waals surface area (Å²) in [5.74, 6) is -0.175. The van der Waals surface area contributed by atoms with Gasteiger partial charge in [0.15, 0.2) is 5.78 Å². The highest BCUT2D eigenvalue weighted by Gasteiger charge is 2.15. The lowest BCUT2D eigenvalue weighted by molar-refractivity contribution is -0.116. The molecule has 2 aromatic carbocycles. The lowest BCUT2D eigenvalue weighted by Crippen LogP contribution is -2.27. The number of carbonyl (C=O) groups excluding carboxylic acids is 2. The molecule has 0 aromatic heterocycles. The largest absolute Gasteiger partial charge is 0.326 e. The third-order valence-electron chi connectivity index (χ3n) is 4.54. The highest BCUT2D eigenvalue weighted by Crippen LogP contribution is 2.16. The van der Waals surface area contributed by atoms with Gasteiger partial charge in [-0.25, -0.2) is 13.1 Å². The van der Waals surface area contributed by atoms with Gasteiger partial charge in [-0.1, -0.05) is 26.0 Å².